The Morgan fingerprint density at radius 1 is 1.46 bits per heavy atom. The van der Waals surface area contributed by atoms with Crippen LogP contribution in [0, 0.1) is 12.7 Å². The van der Waals surface area contributed by atoms with Gasteiger partial charge in [-0.25, -0.2) is 14.2 Å². The predicted octanol–water partition coefficient (Wildman–Crippen LogP) is 2.28. The number of rotatable bonds is 7. The quantitative estimate of drug-likeness (QED) is 0.727. The Bertz CT molecular complexity index is 687. The molecule has 0 radical (unpaired) electrons. The molecule has 2 amide bonds. The summed E-state index contributed by atoms with van der Waals surface area (Å²) in [6, 6.07) is 4.51. The first kappa shape index (κ1) is 17.9. The molecule has 2 rings (SSSR count). The Labute approximate surface area is 140 Å². The van der Waals surface area contributed by atoms with Gasteiger partial charge in [0.2, 0.25) is 0 Å². The number of aliphatic hydroxyl groups is 1. The Morgan fingerprint density at radius 3 is 2.88 bits per heavy atom. The number of hydrogen-bond donors (Lipinski definition) is 3. The summed E-state index contributed by atoms with van der Waals surface area (Å²) in [6.45, 7) is 4.02. The Balaban J connectivity index is 1.91. The van der Waals surface area contributed by atoms with Gasteiger partial charge in [0.1, 0.15) is 11.6 Å². The highest BCUT2D eigenvalue weighted by Crippen LogP contribution is 2.16. The Hall–Kier alpha value is -2.41. The van der Waals surface area contributed by atoms with Gasteiger partial charge in [0.15, 0.2) is 0 Å². The number of imidazole rings is 1. The first-order valence-electron chi connectivity index (χ1n) is 7.95. The second kappa shape index (κ2) is 8.44. The van der Waals surface area contributed by atoms with Crippen molar-refractivity contribution in [2.24, 2.45) is 0 Å². The van der Waals surface area contributed by atoms with Gasteiger partial charge in [-0.2, -0.15) is 0 Å². The highest BCUT2D eigenvalue weighted by molar-refractivity contribution is 5.74. The van der Waals surface area contributed by atoms with Crippen molar-refractivity contribution < 1.29 is 14.3 Å². The molecule has 0 aliphatic rings. The molecule has 1 atom stereocenters. The standard InChI is InChI=1S/C17H23FN4O2/c1-12(4-3-9-23)21-17(24)20-11-14-5-6-16(15(18)10-14)22-8-7-19-13(22)2/h5-8,10,12,23H,3-4,9,11H2,1-2H3,(H2,20,21,24). The van der Waals surface area contributed by atoms with Gasteiger partial charge in [-0.05, 0) is 44.4 Å². The number of carbonyl (C=O) groups excluding carboxylic acids is 1. The number of aliphatic hydroxyl groups excluding tert-OH is 1. The lowest BCUT2D eigenvalue weighted by Gasteiger charge is -2.14. The molecule has 0 saturated heterocycles. The summed E-state index contributed by atoms with van der Waals surface area (Å²) in [4.78, 5) is 15.9. The number of nitrogens with one attached hydrogen (secondary N) is 2. The highest BCUT2D eigenvalue weighted by atomic mass is 19.1. The largest absolute Gasteiger partial charge is 0.396 e. The van der Waals surface area contributed by atoms with E-state index in [9.17, 15) is 9.18 Å². The van der Waals surface area contributed by atoms with Crippen molar-refractivity contribution in [1.29, 1.82) is 0 Å². The summed E-state index contributed by atoms with van der Waals surface area (Å²) in [6.07, 6.45) is 4.67. The first-order chi connectivity index (χ1) is 11.5. The van der Waals surface area contributed by atoms with Gasteiger partial charge in [-0.3, -0.25) is 0 Å². The van der Waals surface area contributed by atoms with Crippen molar-refractivity contribution in [3.63, 3.8) is 0 Å². The van der Waals surface area contributed by atoms with E-state index in [1.54, 1.807) is 36.0 Å². The van der Waals surface area contributed by atoms with Gasteiger partial charge in [0, 0.05) is 31.6 Å². The highest BCUT2D eigenvalue weighted by Gasteiger charge is 2.10. The van der Waals surface area contributed by atoms with Crippen LogP contribution >= 0.6 is 0 Å². The van der Waals surface area contributed by atoms with Gasteiger partial charge >= 0.3 is 6.03 Å². The van der Waals surface area contributed by atoms with Crippen LogP contribution in [0.3, 0.4) is 0 Å². The van der Waals surface area contributed by atoms with Crippen molar-refractivity contribution in [1.82, 2.24) is 20.2 Å². The number of amides is 2. The van der Waals surface area contributed by atoms with Crippen LogP contribution in [0.25, 0.3) is 5.69 Å². The second-order valence-electron chi connectivity index (χ2n) is 5.72. The zero-order valence-electron chi connectivity index (χ0n) is 13.9. The summed E-state index contributed by atoms with van der Waals surface area (Å²) in [5.41, 5.74) is 1.10. The van der Waals surface area contributed by atoms with Crippen LogP contribution in [-0.2, 0) is 6.54 Å². The van der Waals surface area contributed by atoms with Gasteiger partial charge < -0.3 is 20.3 Å². The predicted molar refractivity (Wildman–Crippen MR) is 89.4 cm³/mol. The van der Waals surface area contributed by atoms with Crippen LogP contribution in [0.2, 0.25) is 0 Å². The van der Waals surface area contributed by atoms with Crippen molar-refractivity contribution >= 4 is 6.03 Å². The molecule has 0 fully saturated rings. The maximum atomic E-state index is 14.3. The average Bonchev–Trinajstić information content (AvgIpc) is 2.97. The van der Waals surface area contributed by atoms with E-state index in [1.807, 2.05) is 6.92 Å². The van der Waals surface area contributed by atoms with E-state index in [0.717, 1.165) is 0 Å². The average molecular weight is 334 g/mol. The van der Waals surface area contributed by atoms with Crippen molar-refractivity contribution in [2.45, 2.75) is 39.3 Å². The lowest BCUT2D eigenvalue weighted by molar-refractivity contribution is 0.234. The molecule has 0 bridgehead atoms. The minimum Gasteiger partial charge on any atom is -0.396 e. The third kappa shape index (κ3) is 4.79. The molecule has 130 valence electrons. The number of aryl methyl sites for hydroxylation is 1. The number of halogens is 1. The normalized spacial score (nSPS) is 12.0. The molecule has 7 heteroatoms. The fraction of sp³-hybridized carbons (Fsp3) is 0.412. The van der Waals surface area contributed by atoms with Crippen molar-refractivity contribution in [3.8, 4) is 5.69 Å². The van der Waals surface area contributed by atoms with Gasteiger partial charge in [-0.15, -0.1) is 0 Å². The number of nitrogens with zero attached hydrogens (tertiary/aromatic N) is 2. The number of benzene rings is 1. The molecular formula is C17H23FN4O2. The van der Waals surface area contributed by atoms with Gasteiger partial charge in [0.05, 0.1) is 5.69 Å². The molecule has 1 aromatic carbocycles. The van der Waals surface area contributed by atoms with E-state index in [4.69, 9.17) is 5.11 Å². The van der Waals surface area contributed by atoms with Crippen LogP contribution in [0.15, 0.2) is 30.6 Å². The monoisotopic (exact) mass is 334 g/mol. The lowest BCUT2D eigenvalue weighted by atomic mass is 10.2. The maximum absolute atomic E-state index is 14.3. The smallest absolute Gasteiger partial charge is 0.315 e. The molecule has 2 aromatic rings. The Morgan fingerprint density at radius 2 is 2.25 bits per heavy atom. The minimum atomic E-state index is -0.368. The molecule has 1 heterocycles. The molecule has 0 spiro atoms. The number of urea groups is 1. The van der Waals surface area contributed by atoms with Crippen LogP contribution < -0.4 is 10.6 Å². The van der Waals surface area contributed by atoms with E-state index in [0.29, 0.717) is 29.9 Å². The van der Waals surface area contributed by atoms with E-state index >= 15 is 0 Å². The fourth-order valence-electron chi connectivity index (χ4n) is 2.42. The second-order valence-corrected chi connectivity index (χ2v) is 5.72. The third-order valence-corrected chi connectivity index (χ3v) is 3.72. The number of aromatic nitrogens is 2. The minimum absolute atomic E-state index is 0.0273. The SMILES string of the molecule is Cc1nccn1-c1ccc(CNC(=O)NC(C)CCCO)cc1F. The third-order valence-electron chi connectivity index (χ3n) is 3.72. The lowest BCUT2D eigenvalue weighted by Crippen LogP contribution is -2.40. The summed E-state index contributed by atoms with van der Waals surface area (Å²) < 4.78 is 15.9. The fourth-order valence-corrected chi connectivity index (χ4v) is 2.42. The molecule has 0 saturated carbocycles. The summed E-state index contributed by atoms with van der Waals surface area (Å²) >= 11 is 0. The van der Waals surface area contributed by atoms with E-state index in [2.05, 4.69) is 15.6 Å². The molecule has 0 aliphatic heterocycles. The molecular weight excluding hydrogens is 311 g/mol. The van der Waals surface area contributed by atoms with Gasteiger partial charge in [-0.1, -0.05) is 6.07 Å². The first-order valence-corrected chi connectivity index (χ1v) is 7.95. The maximum Gasteiger partial charge on any atom is 0.315 e. The van der Waals surface area contributed by atoms with Crippen molar-refractivity contribution in [2.75, 3.05) is 6.61 Å². The molecule has 3 N–H and O–H groups in total. The van der Waals surface area contributed by atoms with Crippen LogP contribution in [0.4, 0.5) is 9.18 Å². The van der Waals surface area contributed by atoms with Crippen LogP contribution in [-0.4, -0.2) is 33.3 Å². The molecule has 1 unspecified atom stereocenters. The summed E-state index contributed by atoms with van der Waals surface area (Å²) in [5, 5.41) is 14.2. The molecule has 1 aromatic heterocycles. The van der Waals surface area contributed by atoms with E-state index < -0.39 is 0 Å². The van der Waals surface area contributed by atoms with Crippen LogP contribution in [0.5, 0.6) is 0 Å². The van der Waals surface area contributed by atoms with Gasteiger partial charge in [0.25, 0.3) is 0 Å². The number of carbonyl (C=O) groups is 1. The van der Waals surface area contributed by atoms with Crippen molar-refractivity contribution in [3.05, 3.63) is 47.8 Å². The molecule has 24 heavy (non-hydrogen) atoms. The van der Waals surface area contributed by atoms with E-state index in [-0.39, 0.29) is 31.0 Å². The van der Waals surface area contributed by atoms with Crippen LogP contribution in [0.1, 0.15) is 31.2 Å². The molecule has 6 nitrogen and oxygen atoms in total. The zero-order valence-corrected chi connectivity index (χ0v) is 13.9. The number of hydrogen-bond acceptors (Lipinski definition) is 3. The Kier molecular flexibility index (Phi) is 6.31. The summed E-state index contributed by atoms with van der Waals surface area (Å²) in [5.74, 6) is 0.336. The zero-order chi connectivity index (χ0) is 17.5. The van der Waals surface area contributed by atoms with E-state index in [1.165, 1.54) is 6.07 Å². The summed E-state index contributed by atoms with van der Waals surface area (Å²) in [7, 11) is 0. The topological polar surface area (TPSA) is 79.2 Å². The molecule has 0 aliphatic carbocycles.